The van der Waals surface area contributed by atoms with Gasteiger partial charge in [-0.05, 0) is 48.9 Å². The average molecular weight is 260 g/mol. The van der Waals surface area contributed by atoms with Crippen molar-refractivity contribution in [3.63, 3.8) is 0 Å². The van der Waals surface area contributed by atoms with Crippen LogP contribution in [0, 0.1) is 11.8 Å². The molecule has 0 aliphatic heterocycles. The minimum atomic E-state index is 0.637. The molecule has 0 saturated heterocycles. The lowest BCUT2D eigenvalue weighted by molar-refractivity contribution is 0.175. The number of hydrogen-bond acceptors (Lipinski definition) is 2. The predicted molar refractivity (Wildman–Crippen MR) is 81.1 cm³/mol. The molecule has 2 rings (SSSR count). The van der Waals surface area contributed by atoms with Gasteiger partial charge in [-0.1, -0.05) is 39.5 Å². The van der Waals surface area contributed by atoms with Gasteiger partial charge in [-0.15, -0.1) is 0 Å². The predicted octanol–water partition coefficient (Wildman–Crippen LogP) is 3.82. The quantitative estimate of drug-likeness (QED) is 0.841. The number of rotatable bonds is 6. The molecule has 1 heterocycles. The number of pyridine rings is 1. The number of nitrogens with zero attached hydrogens (tertiary/aromatic N) is 1. The normalized spacial score (nSPS) is 25.2. The van der Waals surface area contributed by atoms with Gasteiger partial charge in [0.1, 0.15) is 0 Å². The van der Waals surface area contributed by atoms with Crippen molar-refractivity contribution in [1.82, 2.24) is 10.3 Å². The molecule has 0 spiro atoms. The Bertz CT molecular complexity index is 350. The highest BCUT2D eigenvalue weighted by Gasteiger charge is 2.30. The van der Waals surface area contributed by atoms with Gasteiger partial charge >= 0.3 is 0 Å². The monoisotopic (exact) mass is 260 g/mol. The fourth-order valence-corrected chi connectivity index (χ4v) is 3.68. The highest BCUT2D eigenvalue weighted by Crippen LogP contribution is 2.35. The van der Waals surface area contributed by atoms with Crippen molar-refractivity contribution in [3.8, 4) is 0 Å². The summed E-state index contributed by atoms with van der Waals surface area (Å²) < 4.78 is 0. The van der Waals surface area contributed by atoms with Crippen molar-refractivity contribution in [3.05, 3.63) is 30.1 Å². The molecule has 1 fully saturated rings. The van der Waals surface area contributed by atoms with Crippen LogP contribution < -0.4 is 5.32 Å². The molecular formula is C17H28N2. The van der Waals surface area contributed by atoms with Gasteiger partial charge in [-0.25, -0.2) is 0 Å². The van der Waals surface area contributed by atoms with Gasteiger partial charge in [0, 0.05) is 18.4 Å². The Kier molecular flexibility index (Phi) is 5.84. The highest BCUT2D eigenvalue weighted by molar-refractivity contribution is 5.12. The van der Waals surface area contributed by atoms with E-state index in [1.807, 2.05) is 12.4 Å². The van der Waals surface area contributed by atoms with Crippen LogP contribution in [0.5, 0.6) is 0 Å². The van der Waals surface area contributed by atoms with Crippen LogP contribution in [0.4, 0.5) is 0 Å². The van der Waals surface area contributed by atoms with E-state index in [0.717, 1.165) is 24.8 Å². The van der Waals surface area contributed by atoms with Gasteiger partial charge in [0.25, 0.3) is 0 Å². The summed E-state index contributed by atoms with van der Waals surface area (Å²) in [5.74, 6) is 1.77. The Balaban J connectivity index is 2.05. The van der Waals surface area contributed by atoms with E-state index in [4.69, 9.17) is 0 Å². The lowest BCUT2D eigenvalue weighted by Crippen LogP contribution is -2.42. The minimum Gasteiger partial charge on any atom is -0.314 e. The van der Waals surface area contributed by atoms with Crippen LogP contribution >= 0.6 is 0 Å². The topological polar surface area (TPSA) is 24.9 Å². The first-order chi connectivity index (χ1) is 9.35. The summed E-state index contributed by atoms with van der Waals surface area (Å²) >= 11 is 0. The molecule has 19 heavy (non-hydrogen) atoms. The second-order valence-corrected chi connectivity index (χ2v) is 5.84. The van der Waals surface area contributed by atoms with Crippen LogP contribution in [0.2, 0.25) is 0 Å². The van der Waals surface area contributed by atoms with Crippen molar-refractivity contribution >= 4 is 0 Å². The van der Waals surface area contributed by atoms with Crippen LogP contribution in [0.1, 0.15) is 51.5 Å². The molecule has 1 aromatic heterocycles. The number of hydrogen-bond donors (Lipinski definition) is 1. The Hall–Kier alpha value is -0.890. The average Bonchev–Trinajstić information content (AvgIpc) is 2.48. The van der Waals surface area contributed by atoms with E-state index in [9.17, 15) is 0 Å². The first-order valence-electron chi connectivity index (χ1n) is 7.97. The minimum absolute atomic E-state index is 0.637. The van der Waals surface area contributed by atoms with Gasteiger partial charge in [-0.2, -0.15) is 0 Å². The van der Waals surface area contributed by atoms with Gasteiger partial charge in [0.2, 0.25) is 0 Å². The van der Waals surface area contributed by atoms with Crippen LogP contribution in [-0.2, 0) is 6.42 Å². The van der Waals surface area contributed by atoms with E-state index in [1.165, 1.54) is 37.7 Å². The summed E-state index contributed by atoms with van der Waals surface area (Å²) in [7, 11) is 0. The molecule has 1 aliphatic rings. The van der Waals surface area contributed by atoms with E-state index in [1.54, 1.807) is 0 Å². The van der Waals surface area contributed by atoms with Crippen molar-refractivity contribution in [1.29, 1.82) is 0 Å². The van der Waals surface area contributed by atoms with E-state index in [2.05, 4.69) is 36.3 Å². The molecule has 1 aromatic rings. The Labute approximate surface area is 118 Å². The molecule has 1 N–H and O–H groups in total. The first-order valence-corrected chi connectivity index (χ1v) is 7.97. The largest absolute Gasteiger partial charge is 0.314 e. The summed E-state index contributed by atoms with van der Waals surface area (Å²) in [5, 5.41) is 3.74. The Morgan fingerprint density at radius 3 is 2.63 bits per heavy atom. The fourth-order valence-electron chi connectivity index (χ4n) is 3.68. The Morgan fingerprint density at radius 1 is 1.21 bits per heavy atom. The van der Waals surface area contributed by atoms with Crippen molar-refractivity contribution in [2.45, 2.75) is 58.4 Å². The summed E-state index contributed by atoms with van der Waals surface area (Å²) in [6.45, 7) is 5.66. The van der Waals surface area contributed by atoms with Crippen LogP contribution in [-0.4, -0.2) is 17.6 Å². The van der Waals surface area contributed by atoms with Crippen LogP contribution in [0.25, 0.3) is 0 Å². The summed E-state index contributed by atoms with van der Waals surface area (Å²) in [6.07, 6.45) is 12.0. The third-order valence-corrected chi connectivity index (χ3v) is 4.68. The maximum absolute atomic E-state index is 4.12. The Morgan fingerprint density at radius 2 is 1.95 bits per heavy atom. The van der Waals surface area contributed by atoms with Gasteiger partial charge in [-0.3, -0.25) is 4.98 Å². The molecule has 2 heteroatoms. The second kappa shape index (κ2) is 7.64. The second-order valence-electron chi connectivity index (χ2n) is 5.84. The zero-order valence-electron chi connectivity index (χ0n) is 12.4. The molecule has 3 atom stereocenters. The van der Waals surface area contributed by atoms with E-state index < -0.39 is 0 Å². The van der Waals surface area contributed by atoms with E-state index >= 15 is 0 Å². The maximum Gasteiger partial charge on any atom is 0.0270 e. The van der Waals surface area contributed by atoms with Gasteiger partial charge in [0.05, 0.1) is 0 Å². The number of likely N-dealkylation sites (N-methyl/N-ethyl adjacent to an activating group) is 1. The number of nitrogens with one attached hydrogen (secondary N) is 1. The summed E-state index contributed by atoms with van der Waals surface area (Å²) in [5.41, 5.74) is 1.42. The summed E-state index contributed by atoms with van der Waals surface area (Å²) in [6, 6.07) is 4.96. The third-order valence-electron chi connectivity index (χ3n) is 4.68. The van der Waals surface area contributed by atoms with Crippen LogP contribution in [0.3, 0.4) is 0 Å². The molecule has 106 valence electrons. The van der Waals surface area contributed by atoms with E-state index in [-0.39, 0.29) is 0 Å². The lowest BCUT2D eigenvalue weighted by atomic mass is 9.72. The summed E-state index contributed by atoms with van der Waals surface area (Å²) in [4.78, 5) is 4.12. The highest BCUT2D eigenvalue weighted by atomic mass is 14.9. The maximum atomic E-state index is 4.12. The smallest absolute Gasteiger partial charge is 0.0270 e. The fraction of sp³-hybridized carbons (Fsp3) is 0.706. The SMILES string of the molecule is CCNC(Cc1ccncc1)C1CCCCC1CC. The molecular weight excluding hydrogens is 232 g/mol. The third kappa shape index (κ3) is 4.04. The molecule has 0 aromatic carbocycles. The van der Waals surface area contributed by atoms with E-state index in [0.29, 0.717) is 6.04 Å². The standard InChI is InChI=1S/C17H28N2/c1-3-15-7-5-6-8-16(15)17(19-4-2)13-14-9-11-18-12-10-14/h9-12,15-17,19H,3-8,13H2,1-2H3. The zero-order valence-corrected chi connectivity index (χ0v) is 12.4. The van der Waals surface area contributed by atoms with Gasteiger partial charge < -0.3 is 5.32 Å². The van der Waals surface area contributed by atoms with Crippen molar-refractivity contribution in [2.24, 2.45) is 11.8 Å². The molecule has 3 unspecified atom stereocenters. The number of aromatic nitrogens is 1. The van der Waals surface area contributed by atoms with Crippen molar-refractivity contribution < 1.29 is 0 Å². The van der Waals surface area contributed by atoms with Crippen molar-refractivity contribution in [2.75, 3.05) is 6.54 Å². The molecule has 0 amide bonds. The first kappa shape index (κ1) is 14.5. The molecule has 0 bridgehead atoms. The lowest BCUT2D eigenvalue weighted by Gasteiger charge is -2.37. The zero-order chi connectivity index (χ0) is 13.5. The molecule has 1 aliphatic carbocycles. The molecule has 0 radical (unpaired) electrons. The molecule has 1 saturated carbocycles. The molecule has 2 nitrogen and oxygen atoms in total. The van der Waals surface area contributed by atoms with Crippen LogP contribution in [0.15, 0.2) is 24.5 Å². The van der Waals surface area contributed by atoms with Gasteiger partial charge in [0.15, 0.2) is 0 Å².